The van der Waals surface area contributed by atoms with E-state index in [-0.39, 0.29) is 11.9 Å². The minimum Gasteiger partial charge on any atom is -0.319 e. The van der Waals surface area contributed by atoms with Gasteiger partial charge < -0.3 is 10.2 Å². The number of carbonyl (C=O) groups is 2. The first-order valence-electron chi connectivity index (χ1n) is 8.55. The second kappa shape index (κ2) is 5.60. The van der Waals surface area contributed by atoms with Crippen molar-refractivity contribution in [3.63, 3.8) is 0 Å². The van der Waals surface area contributed by atoms with Crippen LogP contribution in [0.15, 0.2) is 42.5 Å². The zero-order valence-corrected chi connectivity index (χ0v) is 13.8. The predicted octanol–water partition coefficient (Wildman–Crippen LogP) is 1.24. The minimum absolute atomic E-state index is 0.151. The maximum Gasteiger partial charge on any atom is 0.329 e. The molecule has 2 aliphatic heterocycles. The van der Waals surface area contributed by atoms with E-state index in [1.54, 1.807) is 6.92 Å². The molecule has 5 heteroatoms. The van der Waals surface area contributed by atoms with Gasteiger partial charge in [-0.1, -0.05) is 36.4 Å². The summed E-state index contributed by atoms with van der Waals surface area (Å²) in [5.41, 5.74) is -0.154. The third kappa shape index (κ3) is 2.36. The summed E-state index contributed by atoms with van der Waals surface area (Å²) in [6, 6.07) is 13.7. The van der Waals surface area contributed by atoms with Crippen molar-refractivity contribution in [1.82, 2.24) is 10.2 Å². The zero-order chi connectivity index (χ0) is 16.7. The van der Waals surface area contributed by atoms with Gasteiger partial charge in [0.2, 0.25) is 0 Å². The van der Waals surface area contributed by atoms with Crippen LogP contribution in [-0.2, 0) is 10.3 Å². The van der Waals surface area contributed by atoms with Gasteiger partial charge in [0.25, 0.3) is 5.91 Å². The summed E-state index contributed by atoms with van der Waals surface area (Å²) in [5.74, 6) is -0.151. The van der Waals surface area contributed by atoms with Gasteiger partial charge in [0.05, 0.1) is 13.1 Å². The third-order valence-corrected chi connectivity index (χ3v) is 5.29. The fraction of sp³-hybridized carbons (Fsp3) is 0.368. The molecule has 0 bridgehead atoms. The van der Waals surface area contributed by atoms with Crippen LogP contribution in [-0.4, -0.2) is 36.6 Å². The Balaban J connectivity index is 1.65. The summed E-state index contributed by atoms with van der Waals surface area (Å²) in [6.07, 6.45) is 2.34. The Morgan fingerprint density at radius 3 is 2.54 bits per heavy atom. The lowest BCUT2D eigenvalue weighted by atomic mass is 9.90. The number of likely N-dealkylation sites (tertiary alicyclic amines) is 1. The van der Waals surface area contributed by atoms with Gasteiger partial charge in [0.1, 0.15) is 5.54 Å². The Hall–Kier alpha value is -2.40. The van der Waals surface area contributed by atoms with Crippen molar-refractivity contribution in [1.29, 1.82) is 0 Å². The molecule has 0 saturated carbocycles. The molecular formula is C19H22N3O2+. The van der Waals surface area contributed by atoms with Crippen LogP contribution in [0.3, 0.4) is 0 Å². The molecule has 4 rings (SSSR count). The first-order valence-corrected chi connectivity index (χ1v) is 8.55. The molecule has 2 fully saturated rings. The SMILES string of the molecule is C[C@@]1(c2ccc3ccccc3c2)NC(=O)N(C[NH+]2CCCC2)C1=O. The number of hydrogen-bond acceptors (Lipinski definition) is 2. The summed E-state index contributed by atoms with van der Waals surface area (Å²) in [7, 11) is 0. The van der Waals surface area contributed by atoms with Crippen LogP contribution in [0.2, 0.25) is 0 Å². The number of carbonyl (C=O) groups excluding carboxylic acids is 2. The number of imide groups is 1. The van der Waals surface area contributed by atoms with E-state index in [1.807, 2.05) is 42.5 Å². The number of hydrogen-bond donors (Lipinski definition) is 2. The third-order valence-electron chi connectivity index (χ3n) is 5.29. The maximum absolute atomic E-state index is 13.0. The summed E-state index contributed by atoms with van der Waals surface area (Å²) in [5, 5.41) is 5.11. The molecule has 2 aliphatic rings. The molecule has 2 aromatic rings. The molecule has 0 aliphatic carbocycles. The van der Waals surface area contributed by atoms with Gasteiger partial charge in [-0.15, -0.1) is 0 Å². The quantitative estimate of drug-likeness (QED) is 0.835. The van der Waals surface area contributed by atoms with Gasteiger partial charge in [-0.25, -0.2) is 9.69 Å². The molecule has 5 nitrogen and oxygen atoms in total. The Morgan fingerprint density at radius 2 is 1.79 bits per heavy atom. The Kier molecular flexibility index (Phi) is 3.53. The average Bonchev–Trinajstić information content (AvgIpc) is 3.18. The zero-order valence-electron chi connectivity index (χ0n) is 13.8. The molecule has 2 saturated heterocycles. The van der Waals surface area contributed by atoms with Gasteiger partial charge in [-0.2, -0.15) is 0 Å². The van der Waals surface area contributed by atoms with E-state index >= 15 is 0 Å². The molecule has 0 aromatic heterocycles. The monoisotopic (exact) mass is 324 g/mol. The summed E-state index contributed by atoms with van der Waals surface area (Å²) >= 11 is 0. The lowest BCUT2D eigenvalue weighted by molar-refractivity contribution is -0.894. The Morgan fingerprint density at radius 1 is 1.08 bits per heavy atom. The molecule has 0 radical (unpaired) electrons. The van der Waals surface area contributed by atoms with Crippen LogP contribution in [0.4, 0.5) is 4.79 Å². The highest BCUT2D eigenvalue weighted by atomic mass is 16.2. The highest BCUT2D eigenvalue weighted by Gasteiger charge is 2.50. The maximum atomic E-state index is 13.0. The van der Waals surface area contributed by atoms with Crippen molar-refractivity contribution in [3.8, 4) is 0 Å². The molecule has 0 spiro atoms. The Labute approximate surface area is 141 Å². The van der Waals surface area contributed by atoms with Gasteiger partial charge >= 0.3 is 6.03 Å². The average molecular weight is 324 g/mol. The highest BCUT2D eigenvalue weighted by molar-refractivity contribution is 6.07. The fourth-order valence-electron chi connectivity index (χ4n) is 3.79. The van der Waals surface area contributed by atoms with Crippen molar-refractivity contribution >= 4 is 22.7 Å². The summed E-state index contributed by atoms with van der Waals surface area (Å²) in [4.78, 5) is 28.1. The Bertz CT molecular complexity index is 813. The van der Waals surface area contributed by atoms with Crippen molar-refractivity contribution in [3.05, 3.63) is 48.0 Å². The highest BCUT2D eigenvalue weighted by Crippen LogP contribution is 2.30. The molecule has 2 heterocycles. The topological polar surface area (TPSA) is 53.9 Å². The summed E-state index contributed by atoms with van der Waals surface area (Å²) in [6.45, 7) is 4.33. The van der Waals surface area contributed by atoms with Crippen LogP contribution in [0, 0.1) is 0 Å². The first kappa shape index (κ1) is 15.1. The van der Waals surface area contributed by atoms with Crippen molar-refractivity contribution in [2.24, 2.45) is 0 Å². The summed E-state index contributed by atoms with van der Waals surface area (Å²) < 4.78 is 0. The number of rotatable bonds is 3. The number of benzene rings is 2. The number of fused-ring (bicyclic) bond motifs is 1. The lowest BCUT2D eigenvalue weighted by Crippen LogP contribution is -3.11. The van der Waals surface area contributed by atoms with Gasteiger partial charge in [-0.05, 0) is 29.3 Å². The minimum atomic E-state index is -0.986. The van der Waals surface area contributed by atoms with Gasteiger partial charge in [0.15, 0.2) is 6.67 Å². The number of nitrogens with one attached hydrogen (secondary N) is 2. The van der Waals surface area contributed by atoms with Crippen LogP contribution >= 0.6 is 0 Å². The van der Waals surface area contributed by atoms with Crippen LogP contribution in [0.1, 0.15) is 25.3 Å². The van der Waals surface area contributed by atoms with E-state index in [0.717, 1.165) is 29.4 Å². The largest absolute Gasteiger partial charge is 0.329 e. The molecule has 0 unspecified atom stereocenters. The predicted molar refractivity (Wildman–Crippen MR) is 91.5 cm³/mol. The molecule has 3 amide bonds. The number of nitrogens with zero attached hydrogens (tertiary/aromatic N) is 1. The lowest BCUT2D eigenvalue weighted by Gasteiger charge is -2.23. The number of quaternary nitrogens is 1. The number of amides is 3. The molecule has 2 aromatic carbocycles. The first-order chi connectivity index (χ1) is 11.6. The van der Waals surface area contributed by atoms with Crippen LogP contribution < -0.4 is 10.2 Å². The smallest absolute Gasteiger partial charge is 0.319 e. The van der Waals surface area contributed by atoms with Crippen molar-refractivity contribution in [2.75, 3.05) is 19.8 Å². The van der Waals surface area contributed by atoms with E-state index in [2.05, 4.69) is 5.32 Å². The van der Waals surface area contributed by atoms with Crippen molar-refractivity contribution < 1.29 is 14.5 Å². The van der Waals surface area contributed by atoms with E-state index in [4.69, 9.17) is 0 Å². The van der Waals surface area contributed by atoms with E-state index in [1.165, 1.54) is 22.6 Å². The molecular weight excluding hydrogens is 302 g/mol. The van der Waals surface area contributed by atoms with Gasteiger partial charge in [-0.3, -0.25) is 4.79 Å². The van der Waals surface area contributed by atoms with E-state index in [0.29, 0.717) is 6.67 Å². The molecule has 1 atom stereocenters. The van der Waals surface area contributed by atoms with E-state index < -0.39 is 5.54 Å². The standard InChI is InChI=1S/C19H21N3O2/c1-19(16-9-8-14-6-2-3-7-15(14)12-16)17(23)22(18(24)20-19)13-21-10-4-5-11-21/h2-3,6-9,12H,4-5,10-11,13H2,1H3,(H,20,24)/p+1/t19-/m0/s1. The van der Waals surface area contributed by atoms with Crippen LogP contribution in [0.5, 0.6) is 0 Å². The van der Waals surface area contributed by atoms with E-state index in [9.17, 15) is 9.59 Å². The number of urea groups is 1. The van der Waals surface area contributed by atoms with Gasteiger partial charge in [0, 0.05) is 12.8 Å². The molecule has 2 N–H and O–H groups in total. The molecule has 124 valence electrons. The normalized spacial score (nSPS) is 24.8. The van der Waals surface area contributed by atoms with Crippen molar-refractivity contribution in [2.45, 2.75) is 25.3 Å². The second-order valence-corrected chi connectivity index (χ2v) is 6.97. The second-order valence-electron chi connectivity index (χ2n) is 6.97. The fourth-order valence-corrected chi connectivity index (χ4v) is 3.79. The van der Waals surface area contributed by atoms with Crippen LogP contribution in [0.25, 0.3) is 10.8 Å². The molecule has 24 heavy (non-hydrogen) atoms.